The van der Waals surface area contributed by atoms with Crippen LogP contribution in [0.2, 0.25) is 0 Å². The lowest BCUT2D eigenvalue weighted by Crippen LogP contribution is -2.44. The first-order chi connectivity index (χ1) is 8.61. The molecule has 0 bridgehead atoms. The number of hydrogen-bond donors (Lipinski definition) is 0. The second-order valence-corrected chi connectivity index (χ2v) is 6.18. The highest BCUT2D eigenvalue weighted by atomic mass is 79.9. The fraction of sp³-hybridized carbons (Fsp3) is 0.500. The summed E-state index contributed by atoms with van der Waals surface area (Å²) in [4.78, 5) is 14.3. The molecule has 1 amide bonds. The third kappa shape index (κ3) is 2.89. The molecule has 0 aliphatic heterocycles. The van der Waals surface area contributed by atoms with E-state index in [1.165, 1.54) is 6.42 Å². The molecule has 2 unspecified atom stereocenters. The van der Waals surface area contributed by atoms with Crippen LogP contribution in [0.5, 0.6) is 0 Å². The number of carbonyl (C=O) groups is 1. The van der Waals surface area contributed by atoms with E-state index < -0.39 is 0 Å². The van der Waals surface area contributed by atoms with Crippen molar-refractivity contribution in [2.75, 3.05) is 7.05 Å². The maximum Gasteiger partial charge on any atom is 0.255 e. The second-order valence-electron chi connectivity index (χ2n) is 4.76. The van der Waals surface area contributed by atoms with Gasteiger partial charge >= 0.3 is 0 Å². The number of benzene rings is 1. The van der Waals surface area contributed by atoms with Crippen LogP contribution in [-0.4, -0.2) is 29.3 Å². The molecule has 1 fully saturated rings. The minimum absolute atomic E-state index is 0.0417. The maximum atomic E-state index is 12.4. The predicted molar refractivity (Wildman–Crippen MR) is 78.1 cm³/mol. The maximum absolute atomic E-state index is 12.4. The first kappa shape index (κ1) is 13.9. The van der Waals surface area contributed by atoms with Crippen LogP contribution in [-0.2, 0) is 0 Å². The highest BCUT2D eigenvalue weighted by Gasteiger charge is 2.30. The van der Waals surface area contributed by atoms with Crippen molar-refractivity contribution in [3.63, 3.8) is 0 Å². The summed E-state index contributed by atoms with van der Waals surface area (Å²) in [7, 11) is 1.85. The van der Waals surface area contributed by atoms with Gasteiger partial charge in [-0.25, -0.2) is 0 Å². The fourth-order valence-electron chi connectivity index (χ4n) is 2.48. The van der Waals surface area contributed by atoms with Crippen molar-refractivity contribution < 1.29 is 4.79 Å². The molecule has 0 radical (unpaired) electrons. The number of nitrogens with zero attached hydrogens (tertiary/aromatic N) is 1. The number of halogens is 2. The van der Waals surface area contributed by atoms with Crippen LogP contribution in [0.1, 0.15) is 36.0 Å². The third-order valence-corrected chi connectivity index (χ3v) is 4.77. The van der Waals surface area contributed by atoms with Gasteiger partial charge in [0.2, 0.25) is 0 Å². The molecule has 1 aromatic carbocycles. The Kier molecular flexibility index (Phi) is 4.68. The molecule has 0 spiro atoms. The van der Waals surface area contributed by atoms with Crippen LogP contribution in [0.15, 0.2) is 28.7 Å². The van der Waals surface area contributed by atoms with Gasteiger partial charge in [0.05, 0.1) is 10.9 Å². The number of alkyl halides is 1. The summed E-state index contributed by atoms with van der Waals surface area (Å²) in [6, 6.07) is 7.67. The van der Waals surface area contributed by atoms with Crippen LogP contribution < -0.4 is 0 Å². The Morgan fingerprint density at radius 3 is 2.67 bits per heavy atom. The zero-order valence-electron chi connectivity index (χ0n) is 10.4. The summed E-state index contributed by atoms with van der Waals surface area (Å²) in [5, 5.41) is 0.0789. The molecule has 0 heterocycles. The molecule has 2 rings (SSSR count). The van der Waals surface area contributed by atoms with Crippen LogP contribution >= 0.6 is 27.5 Å². The minimum atomic E-state index is 0.0417. The Labute approximate surface area is 121 Å². The summed E-state index contributed by atoms with van der Waals surface area (Å²) >= 11 is 9.77. The summed E-state index contributed by atoms with van der Waals surface area (Å²) < 4.78 is 0.837. The molecular formula is C14H17BrClNO. The van der Waals surface area contributed by atoms with E-state index in [1.54, 1.807) is 4.90 Å². The molecule has 1 aliphatic carbocycles. The standard InChI is InChI=1S/C14H17BrClNO/c1-17(13-9-5-4-8-12(13)16)14(18)10-6-2-3-7-11(10)15/h2-3,6-7,12-13H,4-5,8-9H2,1H3. The van der Waals surface area contributed by atoms with Crippen molar-refractivity contribution in [2.45, 2.75) is 37.1 Å². The molecule has 0 aromatic heterocycles. The summed E-state index contributed by atoms with van der Waals surface area (Å²) in [6.07, 6.45) is 4.32. The van der Waals surface area contributed by atoms with E-state index in [2.05, 4.69) is 15.9 Å². The Bertz CT molecular complexity index is 438. The molecule has 4 heteroatoms. The smallest absolute Gasteiger partial charge is 0.255 e. The molecule has 2 atom stereocenters. The molecule has 98 valence electrons. The van der Waals surface area contributed by atoms with Gasteiger partial charge in [-0.3, -0.25) is 4.79 Å². The first-order valence-electron chi connectivity index (χ1n) is 6.27. The molecular weight excluding hydrogens is 314 g/mol. The number of amides is 1. The third-order valence-electron chi connectivity index (χ3n) is 3.57. The highest BCUT2D eigenvalue weighted by molar-refractivity contribution is 9.10. The van der Waals surface area contributed by atoms with Gasteiger partial charge in [0, 0.05) is 17.6 Å². The summed E-state index contributed by atoms with van der Waals surface area (Å²) in [5.41, 5.74) is 0.703. The van der Waals surface area contributed by atoms with Crippen LogP contribution in [0.3, 0.4) is 0 Å². The van der Waals surface area contributed by atoms with Gasteiger partial charge in [0.1, 0.15) is 0 Å². The molecule has 1 aromatic rings. The lowest BCUT2D eigenvalue weighted by atomic mass is 9.93. The van der Waals surface area contributed by atoms with Gasteiger partial charge in [0.25, 0.3) is 5.91 Å². The Morgan fingerprint density at radius 2 is 2.00 bits per heavy atom. The molecule has 18 heavy (non-hydrogen) atoms. The van der Waals surface area contributed by atoms with Crippen LogP contribution in [0.4, 0.5) is 0 Å². The molecule has 0 N–H and O–H groups in total. The van der Waals surface area contributed by atoms with Crippen molar-refractivity contribution in [1.29, 1.82) is 0 Å². The number of hydrogen-bond acceptors (Lipinski definition) is 1. The van der Waals surface area contributed by atoms with Crippen molar-refractivity contribution in [2.24, 2.45) is 0 Å². The summed E-state index contributed by atoms with van der Waals surface area (Å²) in [6.45, 7) is 0. The van der Waals surface area contributed by atoms with E-state index in [0.29, 0.717) is 5.56 Å². The second kappa shape index (κ2) is 6.07. The monoisotopic (exact) mass is 329 g/mol. The normalized spacial score (nSPS) is 23.7. The zero-order valence-corrected chi connectivity index (χ0v) is 12.7. The average molecular weight is 331 g/mol. The van der Waals surface area contributed by atoms with Gasteiger partial charge in [-0.15, -0.1) is 11.6 Å². The van der Waals surface area contributed by atoms with E-state index in [1.807, 2.05) is 31.3 Å². The van der Waals surface area contributed by atoms with Gasteiger partial charge in [0.15, 0.2) is 0 Å². The van der Waals surface area contributed by atoms with E-state index in [0.717, 1.165) is 23.7 Å². The Morgan fingerprint density at radius 1 is 1.33 bits per heavy atom. The lowest BCUT2D eigenvalue weighted by Gasteiger charge is -2.35. The first-order valence-corrected chi connectivity index (χ1v) is 7.50. The average Bonchev–Trinajstić information content (AvgIpc) is 2.38. The van der Waals surface area contributed by atoms with E-state index in [-0.39, 0.29) is 17.3 Å². The SMILES string of the molecule is CN(C(=O)c1ccccc1Br)C1CCCCC1Cl. The van der Waals surface area contributed by atoms with Crippen LogP contribution in [0.25, 0.3) is 0 Å². The van der Waals surface area contributed by atoms with Gasteiger partial charge in [-0.1, -0.05) is 25.0 Å². The minimum Gasteiger partial charge on any atom is -0.337 e. The summed E-state index contributed by atoms with van der Waals surface area (Å²) in [5.74, 6) is 0.0417. The van der Waals surface area contributed by atoms with Gasteiger partial charge in [-0.05, 0) is 40.9 Å². The number of carbonyl (C=O) groups excluding carboxylic acids is 1. The number of rotatable bonds is 2. The molecule has 2 nitrogen and oxygen atoms in total. The van der Waals surface area contributed by atoms with E-state index >= 15 is 0 Å². The van der Waals surface area contributed by atoms with Crippen molar-refractivity contribution in [3.05, 3.63) is 34.3 Å². The zero-order chi connectivity index (χ0) is 13.1. The van der Waals surface area contributed by atoms with Gasteiger partial charge in [-0.2, -0.15) is 0 Å². The Balaban J connectivity index is 2.16. The predicted octanol–water partition coefficient (Wildman–Crippen LogP) is 4.07. The van der Waals surface area contributed by atoms with E-state index in [4.69, 9.17) is 11.6 Å². The van der Waals surface area contributed by atoms with Crippen molar-refractivity contribution in [3.8, 4) is 0 Å². The Hall–Kier alpha value is -0.540. The quantitative estimate of drug-likeness (QED) is 0.749. The topological polar surface area (TPSA) is 20.3 Å². The van der Waals surface area contributed by atoms with E-state index in [9.17, 15) is 4.79 Å². The molecule has 1 saturated carbocycles. The largest absolute Gasteiger partial charge is 0.337 e. The fourth-order valence-corrected chi connectivity index (χ4v) is 3.38. The molecule has 0 saturated heterocycles. The molecule has 1 aliphatic rings. The highest BCUT2D eigenvalue weighted by Crippen LogP contribution is 2.28. The lowest BCUT2D eigenvalue weighted by molar-refractivity contribution is 0.0699. The van der Waals surface area contributed by atoms with Crippen molar-refractivity contribution >= 4 is 33.4 Å². The van der Waals surface area contributed by atoms with Crippen LogP contribution in [0, 0.1) is 0 Å². The van der Waals surface area contributed by atoms with Gasteiger partial charge < -0.3 is 4.90 Å². The van der Waals surface area contributed by atoms with Crippen molar-refractivity contribution in [1.82, 2.24) is 4.90 Å².